The molecule has 0 atom stereocenters. The first-order chi connectivity index (χ1) is 10.6. The molecule has 2 amide bonds. The van der Waals surface area contributed by atoms with Gasteiger partial charge in [-0.05, 0) is 44.7 Å². The number of nitrogens with zero attached hydrogens (tertiary/aromatic N) is 2. The molecule has 2 rings (SSSR count). The lowest BCUT2D eigenvalue weighted by Crippen LogP contribution is -2.46. The van der Waals surface area contributed by atoms with Crippen LogP contribution in [0.3, 0.4) is 0 Å². The highest BCUT2D eigenvalue weighted by Gasteiger charge is 2.27. The first-order valence-corrected chi connectivity index (χ1v) is 7.78. The molecule has 0 radical (unpaired) electrons. The minimum Gasteiger partial charge on any atom is -0.481 e. The van der Waals surface area contributed by atoms with Crippen molar-refractivity contribution < 1.29 is 14.7 Å². The molecule has 1 aliphatic carbocycles. The van der Waals surface area contributed by atoms with Gasteiger partial charge in [-0.1, -0.05) is 6.07 Å². The molecule has 1 fully saturated rings. The van der Waals surface area contributed by atoms with E-state index in [1.807, 2.05) is 25.1 Å². The number of amides is 2. The number of aromatic nitrogens is 1. The van der Waals surface area contributed by atoms with E-state index >= 15 is 0 Å². The van der Waals surface area contributed by atoms with Gasteiger partial charge in [0.1, 0.15) is 0 Å². The normalized spacial score (nSPS) is 21.1. The predicted molar refractivity (Wildman–Crippen MR) is 82.2 cm³/mol. The molecule has 120 valence electrons. The second-order valence-electron chi connectivity index (χ2n) is 5.67. The van der Waals surface area contributed by atoms with Crippen LogP contribution in [0.2, 0.25) is 0 Å². The Balaban J connectivity index is 1.84. The van der Waals surface area contributed by atoms with Crippen LogP contribution in [0.1, 0.15) is 38.3 Å². The molecule has 1 saturated carbocycles. The Bertz CT molecular complexity index is 499. The Morgan fingerprint density at radius 1 is 1.32 bits per heavy atom. The van der Waals surface area contributed by atoms with E-state index in [1.165, 1.54) is 0 Å². The molecule has 6 heteroatoms. The van der Waals surface area contributed by atoms with Crippen molar-refractivity contribution in [3.63, 3.8) is 0 Å². The van der Waals surface area contributed by atoms with Crippen molar-refractivity contribution in [2.75, 3.05) is 6.54 Å². The molecule has 0 bridgehead atoms. The van der Waals surface area contributed by atoms with Crippen molar-refractivity contribution in [3.8, 4) is 0 Å². The van der Waals surface area contributed by atoms with Crippen LogP contribution >= 0.6 is 0 Å². The average molecular weight is 305 g/mol. The molecule has 0 aromatic carbocycles. The van der Waals surface area contributed by atoms with Gasteiger partial charge in [-0.25, -0.2) is 4.79 Å². The Labute approximate surface area is 130 Å². The zero-order chi connectivity index (χ0) is 15.9. The number of carboxylic acids is 1. The summed E-state index contributed by atoms with van der Waals surface area (Å²) in [5.41, 5.74) is 0.856. The molecule has 1 aromatic rings. The number of carbonyl (C=O) groups is 2. The smallest absolute Gasteiger partial charge is 0.317 e. The number of rotatable bonds is 5. The third kappa shape index (κ3) is 4.44. The molecular formula is C16H23N3O3. The van der Waals surface area contributed by atoms with Crippen LogP contribution in [0, 0.1) is 5.92 Å². The Kier molecular flexibility index (Phi) is 5.75. The van der Waals surface area contributed by atoms with E-state index in [-0.39, 0.29) is 18.0 Å². The van der Waals surface area contributed by atoms with E-state index in [0.29, 0.717) is 25.9 Å². The number of aliphatic carboxylic acids is 1. The maximum Gasteiger partial charge on any atom is 0.317 e. The maximum atomic E-state index is 12.3. The molecule has 2 N–H and O–H groups in total. The molecule has 6 nitrogen and oxygen atoms in total. The van der Waals surface area contributed by atoms with Crippen LogP contribution in [0.5, 0.6) is 0 Å². The van der Waals surface area contributed by atoms with Crippen molar-refractivity contribution in [3.05, 3.63) is 30.1 Å². The Hall–Kier alpha value is -2.11. The fourth-order valence-corrected chi connectivity index (χ4v) is 2.77. The van der Waals surface area contributed by atoms with Gasteiger partial charge in [-0.15, -0.1) is 0 Å². The largest absolute Gasteiger partial charge is 0.481 e. The van der Waals surface area contributed by atoms with Crippen molar-refractivity contribution in [2.24, 2.45) is 5.92 Å². The second-order valence-corrected chi connectivity index (χ2v) is 5.67. The van der Waals surface area contributed by atoms with E-state index < -0.39 is 5.97 Å². The maximum absolute atomic E-state index is 12.3. The van der Waals surface area contributed by atoms with Crippen LogP contribution in [0.15, 0.2) is 24.4 Å². The van der Waals surface area contributed by atoms with Gasteiger partial charge < -0.3 is 15.3 Å². The number of hydrogen-bond acceptors (Lipinski definition) is 3. The van der Waals surface area contributed by atoms with Crippen LogP contribution in [0.25, 0.3) is 0 Å². The summed E-state index contributed by atoms with van der Waals surface area (Å²) in [5, 5.41) is 12.0. The van der Waals surface area contributed by atoms with Gasteiger partial charge in [0.15, 0.2) is 0 Å². The van der Waals surface area contributed by atoms with E-state index in [4.69, 9.17) is 5.11 Å². The van der Waals surface area contributed by atoms with Crippen molar-refractivity contribution in [1.82, 2.24) is 15.2 Å². The summed E-state index contributed by atoms with van der Waals surface area (Å²) in [7, 11) is 0. The van der Waals surface area contributed by atoms with E-state index in [0.717, 1.165) is 18.5 Å². The van der Waals surface area contributed by atoms with Crippen LogP contribution in [0.4, 0.5) is 4.79 Å². The van der Waals surface area contributed by atoms with E-state index in [9.17, 15) is 9.59 Å². The Morgan fingerprint density at radius 2 is 2.05 bits per heavy atom. The predicted octanol–water partition coefficient (Wildman–Crippen LogP) is 2.26. The molecule has 0 saturated heterocycles. The average Bonchev–Trinajstić information content (AvgIpc) is 2.54. The molecule has 0 aliphatic heterocycles. The van der Waals surface area contributed by atoms with Crippen LogP contribution in [-0.4, -0.2) is 39.6 Å². The summed E-state index contributed by atoms with van der Waals surface area (Å²) in [6, 6.07) is 5.61. The van der Waals surface area contributed by atoms with Gasteiger partial charge in [-0.2, -0.15) is 0 Å². The minimum atomic E-state index is -0.727. The number of carboxylic acid groups (broad SMARTS) is 1. The van der Waals surface area contributed by atoms with Crippen molar-refractivity contribution in [2.45, 2.75) is 45.2 Å². The number of carbonyl (C=O) groups excluding carboxylic acids is 1. The molecule has 0 unspecified atom stereocenters. The van der Waals surface area contributed by atoms with E-state index in [1.54, 1.807) is 11.1 Å². The molecule has 1 aliphatic rings. The molecule has 22 heavy (non-hydrogen) atoms. The van der Waals surface area contributed by atoms with Gasteiger partial charge in [0.05, 0.1) is 18.2 Å². The number of urea groups is 1. The molecule has 0 spiro atoms. The Morgan fingerprint density at radius 3 is 2.59 bits per heavy atom. The highest BCUT2D eigenvalue weighted by Crippen LogP contribution is 2.24. The quantitative estimate of drug-likeness (QED) is 0.874. The summed E-state index contributed by atoms with van der Waals surface area (Å²) in [4.78, 5) is 29.2. The molecule has 1 heterocycles. The second kappa shape index (κ2) is 7.77. The molecule has 1 aromatic heterocycles. The zero-order valence-electron chi connectivity index (χ0n) is 12.9. The summed E-state index contributed by atoms with van der Waals surface area (Å²) in [5.74, 6) is -0.987. The van der Waals surface area contributed by atoms with Crippen molar-refractivity contribution in [1.29, 1.82) is 0 Å². The number of nitrogens with one attached hydrogen (secondary N) is 1. The summed E-state index contributed by atoms with van der Waals surface area (Å²) in [6.07, 6.45) is 4.43. The summed E-state index contributed by atoms with van der Waals surface area (Å²) in [6.45, 7) is 3.02. The fraction of sp³-hybridized carbons (Fsp3) is 0.562. The van der Waals surface area contributed by atoms with Crippen molar-refractivity contribution >= 4 is 12.0 Å². The standard InChI is InChI=1S/C16H23N3O3/c1-2-19(11-14-5-3-4-10-17-14)16(22)18-13-8-6-12(7-9-13)15(20)21/h3-5,10,12-13H,2,6-9,11H2,1H3,(H,18,22)(H,20,21). The van der Waals surface area contributed by atoms with Gasteiger partial charge in [0.2, 0.25) is 0 Å². The fourth-order valence-electron chi connectivity index (χ4n) is 2.77. The van der Waals surface area contributed by atoms with Crippen LogP contribution < -0.4 is 5.32 Å². The van der Waals surface area contributed by atoms with Gasteiger partial charge in [-0.3, -0.25) is 9.78 Å². The van der Waals surface area contributed by atoms with Gasteiger partial charge in [0.25, 0.3) is 0 Å². The minimum absolute atomic E-state index is 0.0703. The monoisotopic (exact) mass is 305 g/mol. The highest BCUT2D eigenvalue weighted by atomic mass is 16.4. The lowest BCUT2D eigenvalue weighted by atomic mass is 9.86. The first-order valence-electron chi connectivity index (χ1n) is 7.78. The third-order valence-electron chi connectivity index (χ3n) is 4.15. The highest BCUT2D eigenvalue weighted by molar-refractivity contribution is 5.74. The summed E-state index contributed by atoms with van der Waals surface area (Å²) < 4.78 is 0. The number of pyridine rings is 1. The third-order valence-corrected chi connectivity index (χ3v) is 4.15. The number of hydrogen-bond donors (Lipinski definition) is 2. The topological polar surface area (TPSA) is 82.5 Å². The van der Waals surface area contributed by atoms with Gasteiger partial charge in [0, 0.05) is 18.8 Å². The van der Waals surface area contributed by atoms with Crippen LogP contribution in [-0.2, 0) is 11.3 Å². The first kappa shape index (κ1) is 16.3. The lowest BCUT2D eigenvalue weighted by molar-refractivity contribution is -0.142. The van der Waals surface area contributed by atoms with E-state index in [2.05, 4.69) is 10.3 Å². The summed E-state index contributed by atoms with van der Waals surface area (Å²) >= 11 is 0. The zero-order valence-corrected chi connectivity index (χ0v) is 12.9. The van der Waals surface area contributed by atoms with Gasteiger partial charge >= 0.3 is 12.0 Å². The lowest BCUT2D eigenvalue weighted by Gasteiger charge is -2.29. The molecular weight excluding hydrogens is 282 g/mol. The SMILES string of the molecule is CCN(Cc1ccccn1)C(=O)NC1CCC(C(=O)O)CC1.